The first-order valence-electron chi connectivity index (χ1n) is 15.7. The molecule has 0 bridgehead atoms. The third-order valence-electron chi connectivity index (χ3n) is 8.86. The molecule has 2 aliphatic heterocycles. The number of rotatable bonds is 8. The smallest absolute Gasteiger partial charge is 0.337 e. The summed E-state index contributed by atoms with van der Waals surface area (Å²) < 4.78 is 11.7. The zero-order valence-corrected chi connectivity index (χ0v) is 29.0. The second-order valence-electron chi connectivity index (χ2n) is 13.9. The molecule has 1 atom stereocenters. The minimum atomic E-state index is -1.14. The normalized spacial score (nSPS) is 17.2. The maximum Gasteiger partial charge on any atom is 0.337 e. The van der Waals surface area contributed by atoms with Crippen LogP contribution in [-0.4, -0.2) is 64.6 Å². The second-order valence-corrected chi connectivity index (χ2v) is 14.7. The summed E-state index contributed by atoms with van der Waals surface area (Å²) in [4.78, 5) is 31.6. The molecule has 2 aliphatic rings. The summed E-state index contributed by atoms with van der Waals surface area (Å²) in [6, 6.07) is 8.54. The zero-order valence-electron chi connectivity index (χ0n) is 28.2. The average Bonchev–Trinajstić information content (AvgIpc) is 2.98. The molecule has 3 aromatic rings. The van der Waals surface area contributed by atoms with Crippen LogP contribution in [0.4, 0.5) is 11.5 Å². The molecule has 0 saturated carbocycles. The van der Waals surface area contributed by atoms with E-state index in [0.717, 1.165) is 73.8 Å². The Morgan fingerprint density at radius 2 is 1.71 bits per heavy atom. The third-order valence-corrected chi connectivity index (χ3v) is 9.41. The minimum absolute atomic E-state index is 0.240. The van der Waals surface area contributed by atoms with Gasteiger partial charge in [-0.05, 0) is 82.2 Å². The number of aliphatic carboxylic acids is 1. The lowest BCUT2D eigenvalue weighted by Gasteiger charge is -2.41. The molecule has 45 heavy (non-hydrogen) atoms. The number of pyridine rings is 1. The van der Waals surface area contributed by atoms with Crippen molar-refractivity contribution in [2.24, 2.45) is 5.41 Å². The van der Waals surface area contributed by atoms with E-state index in [0.29, 0.717) is 22.3 Å². The molecule has 2 aromatic heterocycles. The highest BCUT2D eigenvalue weighted by Crippen LogP contribution is 2.45. The zero-order chi connectivity index (χ0) is 32.7. The molecule has 1 unspecified atom stereocenters. The third kappa shape index (κ3) is 7.22. The maximum atomic E-state index is 12.8. The van der Waals surface area contributed by atoms with Crippen molar-refractivity contribution in [3.05, 3.63) is 52.3 Å². The Morgan fingerprint density at radius 3 is 2.33 bits per heavy atom. The van der Waals surface area contributed by atoms with Crippen molar-refractivity contribution in [1.29, 1.82) is 0 Å². The molecular formula is C35H47N5O4S. The van der Waals surface area contributed by atoms with E-state index >= 15 is 0 Å². The Balaban J connectivity index is 1.60. The van der Waals surface area contributed by atoms with E-state index in [9.17, 15) is 9.90 Å². The number of fused-ring (bicyclic) bond motifs is 1. The Hall–Kier alpha value is -3.37. The number of carboxylic acid groups (broad SMARTS) is 1. The van der Waals surface area contributed by atoms with Gasteiger partial charge in [0, 0.05) is 54.8 Å². The number of piperidine rings is 1. The average molecular weight is 634 g/mol. The van der Waals surface area contributed by atoms with Crippen LogP contribution in [0, 0.1) is 19.3 Å². The number of nitrogens with zero attached hydrogens (tertiary/aromatic N) is 5. The number of hydrogen-bond donors (Lipinski definition) is 1. The summed E-state index contributed by atoms with van der Waals surface area (Å²) in [5, 5.41) is 11.2. The first-order valence-corrected chi connectivity index (χ1v) is 16.9. The van der Waals surface area contributed by atoms with E-state index in [1.165, 1.54) is 22.9 Å². The van der Waals surface area contributed by atoms with Crippen molar-refractivity contribution in [3.8, 4) is 17.0 Å². The van der Waals surface area contributed by atoms with Crippen molar-refractivity contribution < 1.29 is 19.4 Å². The van der Waals surface area contributed by atoms with Crippen LogP contribution in [0.2, 0.25) is 0 Å². The van der Waals surface area contributed by atoms with Gasteiger partial charge in [-0.3, -0.25) is 4.98 Å². The maximum absolute atomic E-state index is 12.8. The fourth-order valence-electron chi connectivity index (χ4n) is 6.41. The van der Waals surface area contributed by atoms with Gasteiger partial charge in [0.1, 0.15) is 5.82 Å². The largest absolute Gasteiger partial charge is 0.481 e. The van der Waals surface area contributed by atoms with Gasteiger partial charge in [-0.2, -0.15) is 4.98 Å². The first kappa shape index (κ1) is 33.0. The molecule has 4 heterocycles. The number of carbonyl (C=O) groups is 1. The van der Waals surface area contributed by atoms with Crippen LogP contribution in [0.5, 0.6) is 5.88 Å². The minimum Gasteiger partial charge on any atom is -0.481 e. The van der Waals surface area contributed by atoms with E-state index < -0.39 is 17.7 Å². The lowest BCUT2D eigenvalue weighted by molar-refractivity contribution is -0.160. The van der Waals surface area contributed by atoms with E-state index in [4.69, 9.17) is 19.4 Å². The molecule has 1 saturated heterocycles. The molecule has 1 fully saturated rings. The van der Waals surface area contributed by atoms with Gasteiger partial charge in [0.25, 0.3) is 0 Å². The van der Waals surface area contributed by atoms with E-state index in [-0.39, 0.29) is 5.41 Å². The van der Waals surface area contributed by atoms with Gasteiger partial charge in [0.05, 0.1) is 18.4 Å². The summed E-state index contributed by atoms with van der Waals surface area (Å²) in [5.74, 6) is 0.421. The number of methoxy groups -OCH3 is 1. The SMILES string of the molecule is COc1cc(N2CCc3cc(-c4c(C)nc(C)c(C(OC(C)(C)C)C(=O)O)c4N4CCC(C)(C)CC4)ccc3C2)nc(SC)n1. The van der Waals surface area contributed by atoms with Gasteiger partial charge >= 0.3 is 5.97 Å². The predicted molar refractivity (Wildman–Crippen MR) is 181 cm³/mol. The molecule has 1 aromatic carbocycles. The van der Waals surface area contributed by atoms with Crippen LogP contribution >= 0.6 is 11.8 Å². The fourth-order valence-corrected chi connectivity index (χ4v) is 6.78. The summed E-state index contributed by atoms with van der Waals surface area (Å²) in [6.07, 6.45) is 3.73. The molecule has 242 valence electrons. The van der Waals surface area contributed by atoms with Crippen LogP contribution < -0.4 is 14.5 Å². The van der Waals surface area contributed by atoms with Gasteiger partial charge in [-0.1, -0.05) is 43.8 Å². The Labute approximate surface area is 271 Å². The van der Waals surface area contributed by atoms with Gasteiger partial charge in [0.2, 0.25) is 5.88 Å². The number of carboxylic acids is 1. The van der Waals surface area contributed by atoms with E-state index in [2.05, 4.69) is 46.8 Å². The molecule has 0 aliphatic carbocycles. The number of benzene rings is 1. The molecular weight excluding hydrogens is 586 g/mol. The highest BCUT2D eigenvalue weighted by Gasteiger charge is 2.36. The van der Waals surface area contributed by atoms with Gasteiger partial charge in [0.15, 0.2) is 11.3 Å². The van der Waals surface area contributed by atoms with Crippen LogP contribution in [0.3, 0.4) is 0 Å². The molecule has 5 rings (SSSR count). The van der Waals surface area contributed by atoms with E-state index in [1.807, 2.05) is 46.9 Å². The number of thioether (sulfide) groups is 1. The number of ether oxygens (including phenoxy) is 2. The Bertz CT molecular complexity index is 1550. The lowest BCUT2D eigenvalue weighted by atomic mass is 9.81. The number of aryl methyl sites for hydroxylation is 2. The Morgan fingerprint density at radius 1 is 1.00 bits per heavy atom. The number of aromatic nitrogens is 3. The molecule has 0 spiro atoms. The van der Waals surface area contributed by atoms with Crippen LogP contribution in [0.25, 0.3) is 11.1 Å². The topological polar surface area (TPSA) is 101 Å². The van der Waals surface area contributed by atoms with Crippen LogP contribution in [0.1, 0.15) is 81.6 Å². The molecule has 0 amide bonds. The lowest BCUT2D eigenvalue weighted by Crippen LogP contribution is -2.39. The molecule has 1 N–H and O–H groups in total. The highest BCUT2D eigenvalue weighted by atomic mass is 32.2. The summed E-state index contributed by atoms with van der Waals surface area (Å²) in [7, 11) is 1.63. The second kappa shape index (κ2) is 12.8. The number of hydrogen-bond acceptors (Lipinski definition) is 9. The summed E-state index contributed by atoms with van der Waals surface area (Å²) >= 11 is 1.50. The standard InChI is InChI=1S/C35H47N5O4S/c1-21-28(24-10-11-25-20-40(15-12-23(25)18-24)26-19-27(43-8)38-33(37-26)45-9)30(39-16-13-35(6,7)14-17-39)29(22(2)36-21)31(32(41)42)44-34(3,4)5/h10-11,18-19,31H,12-17,20H2,1-9H3,(H,41,42). The van der Waals surface area contributed by atoms with Crippen LogP contribution in [0.15, 0.2) is 29.4 Å². The van der Waals surface area contributed by atoms with Crippen molar-refractivity contribution in [2.75, 3.05) is 42.8 Å². The van der Waals surface area contributed by atoms with Crippen molar-refractivity contribution in [2.45, 2.75) is 91.1 Å². The van der Waals surface area contributed by atoms with Crippen molar-refractivity contribution in [1.82, 2.24) is 15.0 Å². The Kier molecular flexibility index (Phi) is 9.38. The molecule has 9 nitrogen and oxygen atoms in total. The van der Waals surface area contributed by atoms with Crippen LogP contribution in [-0.2, 0) is 22.5 Å². The van der Waals surface area contributed by atoms with Crippen molar-refractivity contribution >= 4 is 29.2 Å². The molecule has 10 heteroatoms. The first-order chi connectivity index (χ1) is 21.2. The highest BCUT2D eigenvalue weighted by molar-refractivity contribution is 7.98. The molecule has 0 radical (unpaired) electrons. The van der Waals surface area contributed by atoms with Gasteiger partial charge in [-0.25, -0.2) is 9.78 Å². The number of anilines is 2. The summed E-state index contributed by atoms with van der Waals surface area (Å²) in [6.45, 7) is 17.5. The monoisotopic (exact) mass is 633 g/mol. The predicted octanol–water partition coefficient (Wildman–Crippen LogP) is 7.02. The quantitative estimate of drug-likeness (QED) is 0.206. The van der Waals surface area contributed by atoms with E-state index in [1.54, 1.807) is 7.11 Å². The van der Waals surface area contributed by atoms with Gasteiger partial charge < -0.3 is 24.4 Å². The van der Waals surface area contributed by atoms with Gasteiger partial charge in [-0.15, -0.1) is 0 Å². The fraction of sp³-hybridized carbons (Fsp3) is 0.543. The summed E-state index contributed by atoms with van der Waals surface area (Å²) in [5.41, 5.74) is 7.36. The van der Waals surface area contributed by atoms with Crippen molar-refractivity contribution in [3.63, 3.8) is 0 Å².